The zero-order chi connectivity index (χ0) is 23.9. The number of hydrogen-bond acceptors (Lipinski definition) is 7. The molecule has 1 N–H and O–H groups in total. The first-order chi connectivity index (χ1) is 16.4. The van der Waals surface area contributed by atoms with E-state index in [-0.39, 0.29) is 11.7 Å². The molecule has 0 aromatic carbocycles. The molecule has 0 bridgehead atoms. The van der Waals surface area contributed by atoms with Crippen LogP contribution in [0, 0.1) is 29.1 Å². The number of nitrogens with one attached hydrogen (secondary N) is 1. The summed E-state index contributed by atoms with van der Waals surface area (Å²) < 4.78 is 1.95. The molecule has 3 aromatic heterocycles. The summed E-state index contributed by atoms with van der Waals surface area (Å²) in [5.74, 6) is 0.888. The lowest BCUT2D eigenvalue weighted by molar-refractivity contribution is -0.129. The largest absolute Gasteiger partial charge is 0.346 e. The Labute approximate surface area is 198 Å². The van der Waals surface area contributed by atoms with Gasteiger partial charge in [-0.1, -0.05) is 13.8 Å². The molecule has 9 heteroatoms. The van der Waals surface area contributed by atoms with E-state index in [1.807, 2.05) is 41.9 Å². The maximum absolute atomic E-state index is 12.6. The smallest absolute Gasteiger partial charge is 0.157 e. The fourth-order valence-electron chi connectivity index (χ4n) is 5.98. The molecule has 1 aliphatic heterocycles. The number of likely N-dealkylation sites (tertiary alicyclic amines) is 1. The second kappa shape index (κ2) is 8.76. The number of rotatable bonds is 8. The van der Waals surface area contributed by atoms with Crippen molar-refractivity contribution < 1.29 is 9.59 Å². The zero-order valence-electron chi connectivity index (χ0n) is 19.5. The summed E-state index contributed by atoms with van der Waals surface area (Å²) >= 11 is 0. The number of aromatic amines is 1. The van der Waals surface area contributed by atoms with Gasteiger partial charge in [0, 0.05) is 42.9 Å². The van der Waals surface area contributed by atoms with E-state index in [0.29, 0.717) is 37.8 Å². The molecule has 1 saturated carbocycles. The second-order valence-electron chi connectivity index (χ2n) is 10.2. The SMILES string of the molecule is CC(C)CC(=O)C(C=O)N1C[C@@H]2CC(CC#N)(n3cc(-c4ncnc5[nH]ccc45)cn3)C[C@@H]2C1. The second-order valence-corrected chi connectivity index (χ2v) is 10.2. The zero-order valence-corrected chi connectivity index (χ0v) is 19.5. The van der Waals surface area contributed by atoms with Gasteiger partial charge in [-0.05, 0) is 36.7 Å². The van der Waals surface area contributed by atoms with Gasteiger partial charge in [0.15, 0.2) is 5.78 Å². The Morgan fingerprint density at radius 1 is 1.32 bits per heavy atom. The van der Waals surface area contributed by atoms with Gasteiger partial charge in [-0.15, -0.1) is 0 Å². The quantitative estimate of drug-likeness (QED) is 0.406. The first kappa shape index (κ1) is 22.4. The number of H-pyrrole nitrogens is 1. The Hall–Kier alpha value is -3.38. The van der Waals surface area contributed by atoms with Gasteiger partial charge in [-0.25, -0.2) is 9.97 Å². The molecule has 2 fully saturated rings. The molecule has 3 aromatic rings. The Kier molecular flexibility index (Phi) is 5.78. The van der Waals surface area contributed by atoms with Crippen molar-refractivity contribution in [1.82, 2.24) is 29.6 Å². The molecule has 9 nitrogen and oxygen atoms in total. The highest BCUT2D eigenvalue weighted by Gasteiger charge is 2.52. The normalized spacial score (nSPS) is 25.5. The van der Waals surface area contributed by atoms with Crippen molar-refractivity contribution in [1.29, 1.82) is 5.26 Å². The molecular weight excluding hydrogens is 430 g/mol. The van der Waals surface area contributed by atoms with Gasteiger partial charge in [0.05, 0.1) is 29.9 Å². The lowest BCUT2D eigenvalue weighted by atomic mass is 9.91. The van der Waals surface area contributed by atoms with Crippen molar-refractivity contribution >= 4 is 23.1 Å². The van der Waals surface area contributed by atoms with Crippen LogP contribution in [0.15, 0.2) is 31.0 Å². The number of ketones is 1. The number of nitriles is 1. The lowest BCUT2D eigenvalue weighted by Gasteiger charge is -2.30. The topological polar surface area (TPSA) is 121 Å². The number of Topliss-reactive ketones (excluding diaryl/α,β-unsaturated/α-hetero) is 1. The average molecular weight is 460 g/mol. The minimum atomic E-state index is -0.656. The van der Waals surface area contributed by atoms with E-state index >= 15 is 0 Å². The van der Waals surface area contributed by atoms with Crippen molar-refractivity contribution in [3.8, 4) is 17.3 Å². The van der Waals surface area contributed by atoms with Crippen LogP contribution in [0.4, 0.5) is 0 Å². The van der Waals surface area contributed by atoms with E-state index in [1.165, 1.54) is 6.33 Å². The number of nitrogens with zero attached hydrogens (tertiary/aromatic N) is 6. The summed E-state index contributed by atoms with van der Waals surface area (Å²) in [6.45, 7) is 5.40. The van der Waals surface area contributed by atoms with E-state index in [4.69, 9.17) is 0 Å². The van der Waals surface area contributed by atoms with Crippen LogP contribution in [0.2, 0.25) is 0 Å². The van der Waals surface area contributed by atoms with Crippen LogP contribution in [-0.2, 0) is 15.1 Å². The van der Waals surface area contributed by atoms with E-state index in [1.54, 1.807) is 6.20 Å². The van der Waals surface area contributed by atoms with Crippen molar-refractivity contribution in [3.05, 3.63) is 31.0 Å². The van der Waals surface area contributed by atoms with Crippen LogP contribution in [0.25, 0.3) is 22.3 Å². The highest BCUT2D eigenvalue weighted by atomic mass is 16.1. The first-order valence-electron chi connectivity index (χ1n) is 11.9. The number of carbonyl (C=O) groups excluding carboxylic acids is 2. The molecule has 0 radical (unpaired) electrons. The third-order valence-corrected chi connectivity index (χ3v) is 7.45. The molecule has 4 heterocycles. The van der Waals surface area contributed by atoms with Crippen LogP contribution in [0.3, 0.4) is 0 Å². The first-order valence-corrected chi connectivity index (χ1v) is 11.9. The molecule has 2 aliphatic rings. The van der Waals surface area contributed by atoms with Crippen molar-refractivity contribution in [2.24, 2.45) is 17.8 Å². The van der Waals surface area contributed by atoms with Gasteiger partial charge in [0.2, 0.25) is 0 Å². The summed E-state index contributed by atoms with van der Waals surface area (Å²) in [5.41, 5.74) is 2.09. The Bertz CT molecular complexity index is 1240. The Morgan fingerprint density at radius 2 is 2.09 bits per heavy atom. The van der Waals surface area contributed by atoms with Crippen molar-refractivity contribution in [2.45, 2.75) is 51.1 Å². The Balaban J connectivity index is 1.37. The summed E-state index contributed by atoms with van der Waals surface area (Å²) in [4.78, 5) is 38.3. The summed E-state index contributed by atoms with van der Waals surface area (Å²) in [6, 6.07) is 3.68. The van der Waals surface area contributed by atoms with Gasteiger partial charge >= 0.3 is 0 Å². The van der Waals surface area contributed by atoms with Crippen LogP contribution >= 0.6 is 0 Å². The highest BCUT2D eigenvalue weighted by Crippen LogP contribution is 2.50. The van der Waals surface area contributed by atoms with Crippen molar-refractivity contribution in [3.63, 3.8) is 0 Å². The van der Waals surface area contributed by atoms with E-state index in [0.717, 1.165) is 41.4 Å². The molecule has 1 saturated heterocycles. The summed E-state index contributed by atoms with van der Waals surface area (Å²) in [5, 5.41) is 15.3. The predicted octanol–water partition coefficient (Wildman–Crippen LogP) is 2.95. The molecule has 34 heavy (non-hydrogen) atoms. The van der Waals surface area contributed by atoms with Gasteiger partial charge in [0.1, 0.15) is 24.3 Å². The molecule has 4 atom stereocenters. The molecule has 1 aliphatic carbocycles. The van der Waals surface area contributed by atoms with E-state index in [9.17, 15) is 14.9 Å². The number of hydrogen-bond donors (Lipinski definition) is 1. The van der Waals surface area contributed by atoms with Gasteiger partial charge in [-0.2, -0.15) is 10.4 Å². The van der Waals surface area contributed by atoms with E-state index < -0.39 is 11.6 Å². The van der Waals surface area contributed by atoms with E-state index in [2.05, 4.69) is 26.1 Å². The third kappa shape index (κ3) is 3.82. The highest BCUT2D eigenvalue weighted by molar-refractivity contribution is 5.97. The van der Waals surface area contributed by atoms with Crippen LogP contribution in [-0.4, -0.2) is 60.8 Å². The predicted molar refractivity (Wildman–Crippen MR) is 125 cm³/mol. The summed E-state index contributed by atoms with van der Waals surface area (Å²) in [6.07, 6.45) is 10.4. The van der Waals surface area contributed by atoms with Crippen LogP contribution < -0.4 is 0 Å². The fourth-order valence-corrected chi connectivity index (χ4v) is 5.98. The lowest BCUT2D eigenvalue weighted by Crippen LogP contribution is -2.43. The van der Waals surface area contributed by atoms with Gasteiger partial charge < -0.3 is 9.78 Å². The van der Waals surface area contributed by atoms with Crippen molar-refractivity contribution in [2.75, 3.05) is 13.1 Å². The number of fused-ring (bicyclic) bond motifs is 2. The van der Waals surface area contributed by atoms with Gasteiger partial charge in [-0.3, -0.25) is 14.4 Å². The van der Waals surface area contributed by atoms with Crippen LogP contribution in [0.5, 0.6) is 0 Å². The van der Waals surface area contributed by atoms with Gasteiger partial charge in [0.25, 0.3) is 0 Å². The molecule has 5 rings (SSSR count). The average Bonchev–Trinajstić information content (AvgIpc) is 3.56. The molecular formula is C25H29N7O2. The molecule has 0 amide bonds. The molecule has 0 spiro atoms. The number of aldehydes is 1. The standard InChI is InChI=1S/C25H29N7O2/c1-16(2)7-22(34)21(14-33)31-11-17-8-25(4-5-26,9-18(17)12-31)32-13-19(10-30-32)23-20-3-6-27-24(20)29-15-28-23/h3,6,10,13-18,21H,4,7-9,11-12H2,1-2H3,(H,27,28,29)/t17-,18+,21?,25?. The number of aromatic nitrogens is 5. The Morgan fingerprint density at radius 3 is 2.76 bits per heavy atom. The van der Waals surface area contributed by atoms with Crippen LogP contribution in [0.1, 0.15) is 39.5 Å². The minimum absolute atomic E-state index is 0.00546. The monoisotopic (exact) mass is 459 g/mol. The molecule has 176 valence electrons. The third-order valence-electron chi connectivity index (χ3n) is 7.45. The number of carbonyl (C=O) groups is 2. The fraction of sp³-hybridized carbons (Fsp3) is 0.520. The maximum atomic E-state index is 12.6. The maximum Gasteiger partial charge on any atom is 0.157 e. The summed E-state index contributed by atoms with van der Waals surface area (Å²) in [7, 11) is 0. The molecule has 2 unspecified atom stereocenters. The minimum Gasteiger partial charge on any atom is -0.346 e.